The third-order valence-corrected chi connectivity index (χ3v) is 6.50. The summed E-state index contributed by atoms with van der Waals surface area (Å²) in [7, 11) is 6.47. The molecule has 0 heterocycles. The molecule has 0 aliphatic carbocycles. The van der Waals surface area contributed by atoms with Crippen molar-refractivity contribution in [2.45, 2.75) is 0 Å². The van der Waals surface area contributed by atoms with Crippen LogP contribution in [0.15, 0.2) is 0 Å². The van der Waals surface area contributed by atoms with Crippen molar-refractivity contribution in [2.24, 2.45) is 0 Å². The first kappa shape index (κ1) is 33.1. The van der Waals surface area contributed by atoms with E-state index in [4.69, 9.17) is 53.0 Å². The molecule has 0 aromatic heterocycles. The third-order valence-electron chi connectivity index (χ3n) is 3.93. The van der Waals surface area contributed by atoms with Gasteiger partial charge in [-0.05, 0) is 0 Å². The summed E-state index contributed by atoms with van der Waals surface area (Å²) < 4.78 is 65.7. The van der Waals surface area contributed by atoms with Crippen molar-refractivity contribution < 1.29 is 53.0 Å². The molecule has 0 rings (SSSR count). The Balaban J connectivity index is 4.74. The number of ether oxygens (including phenoxy) is 8. The number of hydrogen-bond acceptors (Lipinski definition) is 12. The minimum atomic E-state index is -3.87. The molecule has 0 atom stereocenters. The fourth-order valence-electron chi connectivity index (χ4n) is 2.27. The molecule has 0 saturated heterocycles. The van der Waals surface area contributed by atoms with Crippen LogP contribution in [0.2, 0.25) is 0 Å². The lowest BCUT2D eigenvalue weighted by Crippen LogP contribution is -2.51. The largest absolute Gasteiger partial charge is 0.875 e. The first-order valence-corrected chi connectivity index (χ1v) is 13.1. The van der Waals surface area contributed by atoms with E-state index in [0.717, 1.165) is 0 Å². The van der Waals surface area contributed by atoms with Crippen LogP contribution in [-0.2, 0) is 53.0 Å². The zero-order chi connectivity index (χ0) is 24.3. The van der Waals surface area contributed by atoms with E-state index in [1.54, 1.807) is 28.4 Å². The molecule has 200 valence electrons. The Labute approximate surface area is 201 Å². The molecule has 0 fully saturated rings. The van der Waals surface area contributed by atoms with Crippen LogP contribution < -0.4 is 0 Å². The molecular formula is C20H44AlO12-. The van der Waals surface area contributed by atoms with Gasteiger partial charge in [0, 0.05) is 54.9 Å². The maximum Gasteiger partial charge on any atom is 0.875 e. The molecule has 33 heavy (non-hydrogen) atoms. The molecule has 0 spiro atoms. The van der Waals surface area contributed by atoms with Crippen molar-refractivity contribution in [3.8, 4) is 0 Å². The molecule has 0 aromatic rings. The predicted octanol–water partition coefficient (Wildman–Crippen LogP) is 0.140. The van der Waals surface area contributed by atoms with E-state index in [-0.39, 0.29) is 26.4 Å². The maximum atomic E-state index is 5.99. The van der Waals surface area contributed by atoms with Crippen LogP contribution in [0.25, 0.3) is 0 Å². The van der Waals surface area contributed by atoms with Crippen LogP contribution in [0.4, 0.5) is 0 Å². The van der Waals surface area contributed by atoms with Gasteiger partial charge < -0.3 is 53.0 Å². The fraction of sp³-hybridized carbons (Fsp3) is 1.00. The summed E-state index contributed by atoms with van der Waals surface area (Å²) in [5.74, 6) is 0. The predicted molar refractivity (Wildman–Crippen MR) is 120 cm³/mol. The lowest BCUT2D eigenvalue weighted by molar-refractivity contribution is -0.0728. The van der Waals surface area contributed by atoms with Gasteiger partial charge in [-0.1, -0.05) is 0 Å². The van der Waals surface area contributed by atoms with Crippen LogP contribution in [-0.4, -0.2) is 149 Å². The highest BCUT2D eigenvalue weighted by Gasteiger charge is 2.47. The van der Waals surface area contributed by atoms with E-state index < -0.39 is 14.4 Å². The van der Waals surface area contributed by atoms with E-state index in [0.29, 0.717) is 79.3 Å². The van der Waals surface area contributed by atoms with Gasteiger partial charge in [-0.15, -0.1) is 0 Å². The van der Waals surface area contributed by atoms with E-state index in [9.17, 15) is 0 Å². The maximum absolute atomic E-state index is 5.99. The monoisotopic (exact) mass is 503 g/mol. The minimum Gasteiger partial charge on any atom is -0.585 e. The van der Waals surface area contributed by atoms with Crippen molar-refractivity contribution in [3.05, 3.63) is 0 Å². The lowest BCUT2D eigenvalue weighted by Gasteiger charge is -2.37. The zero-order valence-electron chi connectivity index (χ0n) is 20.8. The molecule has 0 radical (unpaired) electrons. The van der Waals surface area contributed by atoms with Gasteiger partial charge in [0.2, 0.25) is 0 Å². The molecular weight excluding hydrogens is 459 g/mol. The molecule has 0 aromatic carbocycles. The molecule has 0 N–H and O–H groups in total. The van der Waals surface area contributed by atoms with Crippen molar-refractivity contribution >= 4 is 14.4 Å². The smallest absolute Gasteiger partial charge is 0.585 e. The van der Waals surface area contributed by atoms with Gasteiger partial charge >= 0.3 is 14.4 Å². The van der Waals surface area contributed by atoms with E-state index in [2.05, 4.69) is 0 Å². The standard InChI is InChI=1S/4C5H11O3.Al/c4*1-7-4-5-8-3-2-6;/h4*2-5H2,1H3;/q4*-1;+3. The zero-order valence-corrected chi connectivity index (χ0v) is 21.9. The van der Waals surface area contributed by atoms with Gasteiger partial charge in [0.05, 0.1) is 79.3 Å². The summed E-state index contributed by atoms with van der Waals surface area (Å²) in [6.45, 7) is 6.25. The quantitative estimate of drug-likeness (QED) is 0.107. The van der Waals surface area contributed by atoms with Gasteiger partial charge in [0.1, 0.15) is 0 Å². The summed E-state index contributed by atoms with van der Waals surface area (Å²) in [6.07, 6.45) is 0. The minimum absolute atomic E-state index is 0.244. The average Bonchev–Trinajstić information content (AvgIpc) is 2.83. The Morgan fingerprint density at radius 3 is 0.727 bits per heavy atom. The second kappa shape index (κ2) is 26.7. The highest BCUT2D eigenvalue weighted by molar-refractivity contribution is 6.53. The van der Waals surface area contributed by atoms with Crippen LogP contribution in [0.3, 0.4) is 0 Å². The van der Waals surface area contributed by atoms with Gasteiger partial charge in [0.15, 0.2) is 0 Å². The molecule has 0 saturated carbocycles. The van der Waals surface area contributed by atoms with Crippen molar-refractivity contribution in [1.82, 2.24) is 0 Å². The molecule has 0 amide bonds. The number of rotatable bonds is 28. The van der Waals surface area contributed by atoms with Crippen molar-refractivity contribution in [1.29, 1.82) is 0 Å². The number of methoxy groups -OCH3 is 4. The summed E-state index contributed by atoms with van der Waals surface area (Å²) in [5, 5.41) is 0. The summed E-state index contributed by atoms with van der Waals surface area (Å²) >= 11 is -3.87. The van der Waals surface area contributed by atoms with E-state index >= 15 is 0 Å². The first-order valence-electron chi connectivity index (χ1n) is 11.2. The first-order chi connectivity index (χ1) is 16.2. The topological polar surface area (TPSA) is 111 Å². The van der Waals surface area contributed by atoms with Gasteiger partial charge in [-0.25, -0.2) is 0 Å². The van der Waals surface area contributed by atoms with E-state index in [1.807, 2.05) is 0 Å². The third kappa shape index (κ3) is 22.3. The Morgan fingerprint density at radius 1 is 0.303 bits per heavy atom. The summed E-state index contributed by atoms with van der Waals surface area (Å²) in [4.78, 5) is 0. The van der Waals surface area contributed by atoms with Crippen LogP contribution in [0.1, 0.15) is 0 Å². The second-order valence-corrected chi connectivity index (χ2v) is 8.97. The lowest BCUT2D eigenvalue weighted by atomic mass is 10.7. The molecule has 13 heteroatoms. The Kier molecular flexibility index (Phi) is 26.7. The highest BCUT2D eigenvalue weighted by atomic mass is 27.3. The van der Waals surface area contributed by atoms with Crippen LogP contribution in [0, 0.1) is 0 Å². The molecule has 0 bridgehead atoms. The van der Waals surface area contributed by atoms with Crippen LogP contribution in [0.5, 0.6) is 0 Å². The Hall–Kier alpha value is 0.0525. The van der Waals surface area contributed by atoms with Crippen molar-refractivity contribution in [3.63, 3.8) is 0 Å². The Morgan fingerprint density at radius 2 is 0.515 bits per heavy atom. The van der Waals surface area contributed by atoms with E-state index in [1.165, 1.54) is 0 Å². The SMILES string of the molecule is COCCOCC[O][Al-]([O]CCOCCOC)([O]CCOCCOC)[O]CCOCCOC. The fourth-order valence-corrected chi connectivity index (χ4v) is 4.39. The average molecular weight is 504 g/mol. The molecule has 0 aliphatic heterocycles. The summed E-state index contributed by atoms with van der Waals surface area (Å²) in [5.41, 5.74) is 0. The highest BCUT2D eigenvalue weighted by Crippen LogP contribution is 2.13. The van der Waals surface area contributed by atoms with Crippen molar-refractivity contribution in [2.75, 3.05) is 134 Å². The van der Waals surface area contributed by atoms with Gasteiger partial charge in [-0.3, -0.25) is 0 Å². The Bertz CT molecular complexity index is 311. The molecule has 12 nitrogen and oxygen atoms in total. The summed E-state index contributed by atoms with van der Waals surface area (Å²) in [6, 6.07) is 0. The number of hydrogen-bond donors (Lipinski definition) is 0. The normalized spacial score (nSPS) is 12.0. The van der Waals surface area contributed by atoms with Gasteiger partial charge in [0.25, 0.3) is 0 Å². The second-order valence-electron chi connectivity index (χ2n) is 6.48. The molecule has 0 unspecified atom stereocenters. The molecule has 0 aliphatic rings. The van der Waals surface area contributed by atoms with Crippen LogP contribution >= 0.6 is 0 Å². The van der Waals surface area contributed by atoms with Gasteiger partial charge in [-0.2, -0.15) is 0 Å².